The van der Waals surface area contributed by atoms with E-state index in [0.29, 0.717) is 17.9 Å². The second-order valence-corrected chi connectivity index (χ2v) is 13.0. The van der Waals surface area contributed by atoms with Gasteiger partial charge in [-0.3, -0.25) is 0 Å². The first-order chi connectivity index (χ1) is 13.6. The van der Waals surface area contributed by atoms with Crippen molar-refractivity contribution in [3.05, 3.63) is 65.2 Å². The molecule has 0 saturated carbocycles. The quantitative estimate of drug-likeness (QED) is 0.443. The van der Waals surface area contributed by atoms with E-state index in [1.165, 1.54) is 56.8 Å². The van der Waals surface area contributed by atoms with Crippen LogP contribution in [0.15, 0.2) is 48.5 Å². The molecule has 1 aliphatic rings. The van der Waals surface area contributed by atoms with Crippen LogP contribution in [0.4, 0.5) is 0 Å². The summed E-state index contributed by atoms with van der Waals surface area (Å²) in [6.45, 7) is 2.68. The summed E-state index contributed by atoms with van der Waals surface area (Å²) in [7, 11) is -0.0208. The summed E-state index contributed by atoms with van der Waals surface area (Å²) in [5.41, 5.74) is 2.99. The van der Waals surface area contributed by atoms with Crippen LogP contribution in [-0.2, 0) is 10.9 Å². The van der Waals surface area contributed by atoms with Crippen LogP contribution in [0.25, 0.3) is 0 Å². The van der Waals surface area contributed by atoms with Crippen molar-refractivity contribution in [2.24, 2.45) is 0 Å². The fourth-order valence-corrected chi connectivity index (χ4v) is 9.42. The minimum absolute atomic E-state index is 0.329. The Kier molecular flexibility index (Phi) is 7.50. The molecule has 28 heavy (non-hydrogen) atoms. The summed E-state index contributed by atoms with van der Waals surface area (Å²) < 4.78 is 11.2. The van der Waals surface area contributed by atoms with Crippen LogP contribution < -0.4 is 4.74 Å². The third-order valence-corrected chi connectivity index (χ3v) is 11.3. The van der Waals surface area contributed by atoms with Gasteiger partial charge in [-0.1, -0.05) is 0 Å². The third-order valence-electron chi connectivity index (χ3n) is 6.08. The molecule has 2 aromatic rings. The summed E-state index contributed by atoms with van der Waals surface area (Å²) in [5, 5.41) is 0. The standard InChI is InChI=1S/C24H33O3P/c1-20-11-10-14-22(24(25)26-2)23(20)27-15-18-28(16-8-3-4-9-17-28)19-21-12-6-5-7-13-21/h5-7,10-14,28H,3-4,8-9,15-19H2,1-2H3. The van der Waals surface area contributed by atoms with Crippen molar-refractivity contribution in [2.75, 3.05) is 32.2 Å². The van der Waals surface area contributed by atoms with E-state index in [9.17, 15) is 4.79 Å². The Hall–Kier alpha value is -1.86. The number of hydrogen-bond donors (Lipinski definition) is 0. The molecule has 3 nitrogen and oxygen atoms in total. The van der Waals surface area contributed by atoms with Gasteiger partial charge in [0.15, 0.2) is 0 Å². The van der Waals surface area contributed by atoms with Crippen molar-refractivity contribution in [3.63, 3.8) is 0 Å². The fourth-order valence-electron chi connectivity index (χ4n) is 4.51. The molecule has 0 amide bonds. The average molecular weight is 400 g/mol. The first-order valence-electron chi connectivity index (χ1n) is 10.5. The number of ether oxygens (including phenoxy) is 2. The van der Waals surface area contributed by atoms with Crippen LogP contribution in [0.2, 0.25) is 0 Å². The zero-order valence-corrected chi connectivity index (χ0v) is 18.2. The van der Waals surface area contributed by atoms with Crippen LogP contribution in [0, 0.1) is 6.92 Å². The van der Waals surface area contributed by atoms with Crippen LogP contribution in [0.3, 0.4) is 0 Å². The third kappa shape index (κ3) is 5.35. The zero-order valence-electron chi connectivity index (χ0n) is 17.2. The van der Waals surface area contributed by atoms with Gasteiger partial charge < -0.3 is 0 Å². The number of carbonyl (C=O) groups excluding carboxylic acids is 1. The van der Waals surface area contributed by atoms with Crippen LogP contribution in [0.5, 0.6) is 5.75 Å². The van der Waals surface area contributed by atoms with Gasteiger partial charge in [-0.05, 0) is 0 Å². The van der Waals surface area contributed by atoms with Gasteiger partial charge in [0.1, 0.15) is 0 Å². The number of hydrogen-bond acceptors (Lipinski definition) is 3. The number of aryl methyl sites for hydroxylation is 1. The van der Waals surface area contributed by atoms with Crippen molar-refractivity contribution < 1.29 is 14.3 Å². The topological polar surface area (TPSA) is 35.5 Å². The molecule has 1 saturated heterocycles. The molecule has 1 fully saturated rings. The molecule has 0 radical (unpaired) electrons. The van der Waals surface area contributed by atoms with Gasteiger partial charge in [0.05, 0.1) is 0 Å². The number of benzene rings is 2. The van der Waals surface area contributed by atoms with E-state index < -0.39 is 7.26 Å². The van der Waals surface area contributed by atoms with E-state index in [1.807, 2.05) is 19.1 Å². The maximum absolute atomic E-state index is 12.1. The van der Waals surface area contributed by atoms with E-state index in [2.05, 4.69) is 30.3 Å². The molecule has 0 aliphatic carbocycles. The first kappa shape index (κ1) is 20.9. The van der Waals surface area contributed by atoms with Crippen LogP contribution >= 0.6 is 7.26 Å². The number of rotatable bonds is 7. The van der Waals surface area contributed by atoms with Gasteiger partial charge in [0.25, 0.3) is 0 Å². The summed E-state index contributed by atoms with van der Waals surface area (Å²) in [6, 6.07) is 16.6. The molecule has 1 aliphatic heterocycles. The Balaban J connectivity index is 1.73. The molecule has 0 spiro atoms. The van der Waals surface area contributed by atoms with E-state index in [4.69, 9.17) is 9.47 Å². The van der Waals surface area contributed by atoms with E-state index in [-0.39, 0.29) is 5.97 Å². The molecule has 0 unspecified atom stereocenters. The monoisotopic (exact) mass is 400 g/mol. The average Bonchev–Trinajstić information content (AvgIpc) is 2.95. The molecule has 0 bridgehead atoms. The second kappa shape index (κ2) is 10.1. The van der Waals surface area contributed by atoms with E-state index in [0.717, 1.165) is 11.7 Å². The zero-order chi connectivity index (χ0) is 19.8. The van der Waals surface area contributed by atoms with Crippen molar-refractivity contribution >= 4 is 13.2 Å². The fraction of sp³-hybridized carbons (Fsp3) is 0.458. The summed E-state index contributed by atoms with van der Waals surface area (Å²) in [6.07, 6.45) is 10.6. The molecule has 1 heterocycles. The molecular formula is C24H33O3P. The summed E-state index contributed by atoms with van der Waals surface area (Å²) >= 11 is 0. The van der Waals surface area contributed by atoms with E-state index >= 15 is 0 Å². The molecule has 152 valence electrons. The second-order valence-electron chi connectivity index (χ2n) is 8.12. The Morgan fingerprint density at radius 3 is 2.36 bits per heavy atom. The van der Waals surface area contributed by atoms with Crippen molar-refractivity contribution in [3.8, 4) is 5.75 Å². The van der Waals surface area contributed by atoms with Gasteiger partial charge in [0.2, 0.25) is 0 Å². The number of esters is 1. The SMILES string of the molecule is COC(=O)c1cccc(C)c1OCC[PH]1(Cc2ccccc2)CCCCCC1. The van der Waals surface area contributed by atoms with Gasteiger partial charge in [-0.15, -0.1) is 0 Å². The predicted octanol–water partition coefficient (Wildman–Crippen LogP) is 5.68. The molecule has 0 atom stereocenters. The summed E-state index contributed by atoms with van der Waals surface area (Å²) in [4.78, 5) is 12.1. The Morgan fingerprint density at radius 2 is 1.68 bits per heavy atom. The van der Waals surface area contributed by atoms with Gasteiger partial charge >= 0.3 is 169 Å². The van der Waals surface area contributed by atoms with Crippen LogP contribution in [0.1, 0.15) is 47.2 Å². The number of carbonyl (C=O) groups is 1. The summed E-state index contributed by atoms with van der Waals surface area (Å²) in [5.74, 6) is 0.358. The Labute approximate surface area is 169 Å². The van der Waals surface area contributed by atoms with Gasteiger partial charge in [-0.2, -0.15) is 0 Å². The molecule has 3 rings (SSSR count). The number of para-hydroxylation sites is 1. The van der Waals surface area contributed by atoms with Crippen LogP contribution in [-0.4, -0.2) is 38.2 Å². The molecule has 0 N–H and O–H groups in total. The van der Waals surface area contributed by atoms with Crippen molar-refractivity contribution in [1.82, 2.24) is 0 Å². The van der Waals surface area contributed by atoms with E-state index in [1.54, 1.807) is 6.07 Å². The Morgan fingerprint density at radius 1 is 0.964 bits per heavy atom. The Bertz CT molecular complexity index is 765. The number of methoxy groups -OCH3 is 1. The van der Waals surface area contributed by atoms with Gasteiger partial charge in [-0.25, -0.2) is 0 Å². The predicted molar refractivity (Wildman–Crippen MR) is 120 cm³/mol. The molecule has 4 heteroatoms. The van der Waals surface area contributed by atoms with Crippen molar-refractivity contribution in [1.29, 1.82) is 0 Å². The van der Waals surface area contributed by atoms with Gasteiger partial charge in [0, 0.05) is 0 Å². The molecular weight excluding hydrogens is 367 g/mol. The first-order valence-corrected chi connectivity index (χ1v) is 13.3. The molecule has 2 aromatic carbocycles. The van der Waals surface area contributed by atoms with Crippen molar-refractivity contribution in [2.45, 2.75) is 38.8 Å². The molecule has 0 aromatic heterocycles. The normalized spacial score (nSPS) is 17.4. The minimum atomic E-state index is -1.44. The maximum atomic E-state index is 12.1.